The Labute approximate surface area is 209 Å². The molecule has 1 unspecified atom stereocenters. The molecule has 1 aromatic carbocycles. The topological polar surface area (TPSA) is 88.4 Å². The standard InChI is InChI=1S/C24H30ClFN4O4Si/c1-23(2,3)35(4,5)33-11-17-18(12-32-22(31)16-9-7-6-8-10-16)34-24(17,13-26)30-15-29-19-20(25)27-14-28-21(19)30/h6-10,14-15,17-18H,11-13H2,1-5H3/t17-,18-,24?/m1/s1. The molecule has 0 saturated carbocycles. The van der Waals surface area contributed by atoms with Crippen molar-refractivity contribution in [3.8, 4) is 0 Å². The van der Waals surface area contributed by atoms with Gasteiger partial charge < -0.3 is 13.9 Å². The summed E-state index contributed by atoms with van der Waals surface area (Å²) in [5.41, 5.74) is -0.267. The Morgan fingerprint density at radius 1 is 1.20 bits per heavy atom. The Hall–Kier alpha value is -2.40. The summed E-state index contributed by atoms with van der Waals surface area (Å²) in [6.45, 7) is 10.0. The van der Waals surface area contributed by atoms with E-state index < -0.39 is 38.7 Å². The van der Waals surface area contributed by atoms with Crippen LogP contribution in [0.25, 0.3) is 11.2 Å². The average molecular weight is 521 g/mol. The van der Waals surface area contributed by atoms with Gasteiger partial charge in [0, 0.05) is 6.61 Å². The smallest absolute Gasteiger partial charge is 0.338 e. The van der Waals surface area contributed by atoms with E-state index in [4.69, 9.17) is 25.5 Å². The van der Waals surface area contributed by atoms with Crippen LogP contribution in [0.4, 0.5) is 4.39 Å². The number of fused-ring (bicyclic) bond motifs is 1. The number of ether oxygens (including phenoxy) is 2. The number of nitrogens with zero attached hydrogens (tertiary/aromatic N) is 4. The van der Waals surface area contributed by atoms with Crippen LogP contribution in [-0.4, -0.2) is 59.8 Å². The van der Waals surface area contributed by atoms with E-state index in [0.29, 0.717) is 16.7 Å². The lowest BCUT2D eigenvalue weighted by Gasteiger charge is -2.54. The molecule has 0 bridgehead atoms. The molecule has 0 N–H and O–H groups in total. The zero-order chi connectivity index (χ0) is 25.4. The van der Waals surface area contributed by atoms with Crippen molar-refractivity contribution in [1.82, 2.24) is 19.5 Å². The summed E-state index contributed by atoms with van der Waals surface area (Å²) in [5, 5.41) is 0.137. The normalized spacial score (nSPS) is 22.7. The Kier molecular flexibility index (Phi) is 7.02. The second kappa shape index (κ2) is 9.57. The van der Waals surface area contributed by atoms with E-state index in [1.54, 1.807) is 28.8 Å². The zero-order valence-electron chi connectivity index (χ0n) is 20.5. The largest absolute Gasteiger partial charge is 0.459 e. The van der Waals surface area contributed by atoms with Crippen LogP contribution in [0.1, 0.15) is 31.1 Å². The number of carbonyl (C=O) groups is 1. The average Bonchev–Trinajstić information content (AvgIpc) is 3.24. The minimum Gasteiger partial charge on any atom is -0.459 e. The van der Waals surface area contributed by atoms with Gasteiger partial charge in [-0.05, 0) is 30.3 Å². The highest BCUT2D eigenvalue weighted by Gasteiger charge is 2.59. The van der Waals surface area contributed by atoms with Crippen molar-refractivity contribution in [2.45, 2.75) is 50.7 Å². The van der Waals surface area contributed by atoms with Crippen LogP contribution in [0.15, 0.2) is 43.0 Å². The minimum atomic E-state index is -2.16. The molecule has 3 aromatic rings. The Bertz CT molecular complexity index is 1200. The molecule has 3 heterocycles. The first kappa shape index (κ1) is 25.7. The van der Waals surface area contributed by atoms with Gasteiger partial charge in [0.2, 0.25) is 0 Å². The van der Waals surface area contributed by atoms with E-state index in [9.17, 15) is 9.18 Å². The summed E-state index contributed by atoms with van der Waals surface area (Å²) >= 11 is 6.17. The first-order chi connectivity index (χ1) is 16.5. The molecule has 1 aliphatic rings. The molecule has 0 amide bonds. The molecule has 0 aliphatic carbocycles. The molecule has 4 rings (SSSR count). The predicted octanol–water partition coefficient (Wildman–Crippen LogP) is 5.00. The molecule has 11 heteroatoms. The van der Waals surface area contributed by atoms with Crippen LogP contribution in [0.5, 0.6) is 0 Å². The van der Waals surface area contributed by atoms with Crippen molar-refractivity contribution < 1.29 is 23.1 Å². The van der Waals surface area contributed by atoms with Crippen molar-refractivity contribution in [2.24, 2.45) is 5.92 Å². The van der Waals surface area contributed by atoms with Crippen molar-refractivity contribution in [3.05, 3.63) is 53.7 Å². The molecule has 0 radical (unpaired) electrons. The summed E-state index contributed by atoms with van der Waals surface area (Å²) in [5.74, 6) is -0.931. The van der Waals surface area contributed by atoms with E-state index in [-0.39, 0.29) is 23.4 Å². The SMILES string of the molecule is CC(C)(C)[Si](C)(C)OC[C@@H]1[C@@H](COC(=O)c2ccccc2)OC1(CF)n1cnc2c(Cl)ncnc21. The van der Waals surface area contributed by atoms with Crippen molar-refractivity contribution in [3.63, 3.8) is 0 Å². The highest BCUT2D eigenvalue weighted by Crippen LogP contribution is 2.47. The van der Waals surface area contributed by atoms with Crippen LogP contribution < -0.4 is 0 Å². The van der Waals surface area contributed by atoms with Gasteiger partial charge in [-0.1, -0.05) is 50.6 Å². The molecular weight excluding hydrogens is 491 g/mol. The highest BCUT2D eigenvalue weighted by atomic mass is 35.5. The highest BCUT2D eigenvalue weighted by molar-refractivity contribution is 6.74. The maximum atomic E-state index is 14.8. The number of hydrogen-bond donors (Lipinski definition) is 0. The molecule has 1 aliphatic heterocycles. The van der Waals surface area contributed by atoms with Gasteiger partial charge >= 0.3 is 5.97 Å². The number of alkyl halides is 1. The zero-order valence-corrected chi connectivity index (χ0v) is 22.3. The third kappa shape index (κ3) is 4.72. The molecule has 0 spiro atoms. The number of hydrogen-bond acceptors (Lipinski definition) is 7. The molecule has 3 atom stereocenters. The van der Waals surface area contributed by atoms with E-state index in [1.807, 2.05) is 6.07 Å². The maximum absolute atomic E-state index is 14.8. The number of imidazole rings is 1. The Morgan fingerprint density at radius 3 is 2.57 bits per heavy atom. The van der Waals surface area contributed by atoms with Crippen LogP contribution in [0.3, 0.4) is 0 Å². The second-order valence-corrected chi connectivity index (χ2v) is 15.4. The lowest BCUT2D eigenvalue weighted by molar-refractivity contribution is -0.326. The van der Waals surface area contributed by atoms with Crippen molar-refractivity contribution in [2.75, 3.05) is 19.9 Å². The quantitative estimate of drug-likeness (QED) is 0.235. The number of rotatable bonds is 8. The summed E-state index contributed by atoms with van der Waals surface area (Å²) in [6, 6.07) is 8.69. The van der Waals surface area contributed by atoms with Crippen LogP contribution in [0.2, 0.25) is 23.3 Å². The van der Waals surface area contributed by atoms with E-state index in [1.165, 1.54) is 12.7 Å². The summed E-state index contributed by atoms with van der Waals surface area (Å²) in [6.07, 6.45) is 2.18. The Balaban J connectivity index is 1.61. The van der Waals surface area contributed by atoms with Crippen LogP contribution in [0, 0.1) is 5.92 Å². The third-order valence-corrected chi connectivity index (χ3v) is 11.9. The van der Waals surface area contributed by atoms with Gasteiger partial charge in [0.15, 0.2) is 24.8 Å². The third-order valence-electron chi connectivity index (χ3n) is 7.09. The molecule has 1 fully saturated rings. The van der Waals surface area contributed by atoms with E-state index >= 15 is 0 Å². The van der Waals surface area contributed by atoms with Gasteiger partial charge in [0.25, 0.3) is 0 Å². The van der Waals surface area contributed by atoms with Gasteiger partial charge in [-0.2, -0.15) is 0 Å². The lowest BCUT2D eigenvalue weighted by Crippen LogP contribution is -2.66. The van der Waals surface area contributed by atoms with Gasteiger partial charge in [-0.3, -0.25) is 4.57 Å². The first-order valence-corrected chi connectivity index (χ1v) is 14.7. The minimum absolute atomic E-state index is 0.0340. The first-order valence-electron chi connectivity index (χ1n) is 11.4. The van der Waals surface area contributed by atoms with Crippen LogP contribution in [-0.2, 0) is 19.6 Å². The van der Waals surface area contributed by atoms with E-state index in [2.05, 4.69) is 48.8 Å². The number of esters is 1. The fourth-order valence-corrected chi connectivity index (χ4v) is 5.09. The predicted molar refractivity (Wildman–Crippen MR) is 133 cm³/mol. The fourth-order valence-electron chi connectivity index (χ4n) is 3.88. The fraction of sp³-hybridized carbons (Fsp3) is 0.500. The monoisotopic (exact) mass is 520 g/mol. The van der Waals surface area contributed by atoms with Gasteiger partial charge in [-0.25, -0.2) is 24.1 Å². The molecule has 1 saturated heterocycles. The van der Waals surface area contributed by atoms with Crippen molar-refractivity contribution in [1.29, 1.82) is 0 Å². The van der Waals surface area contributed by atoms with Gasteiger partial charge in [0.1, 0.15) is 31.2 Å². The number of benzene rings is 1. The number of carbonyl (C=O) groups excluding carboxylic acids is 1. The summed E-state index contributed by atoms with van der Waals surface area (Å²) in [7, 11) is -2.16. The maximum Gasteiger partial charge on any atom is 0.338 e. The van der Waals surface area contributed by atoms with Crippen LogP contribution >= 0.6 is 11.6 Å². The molecule has 8 nitrogen and oxygen atoms in total. The van der Waals surface area contributed by atoms with Crippen molar-refractivity contribution >= 4 is 37.1 Å². The van der Waals surface area contributed by atoms with Gasteiger partial charge in [0.05, 0.1) is 17.8 Å². The summed E-state index contributed by atoms with van der Waals surface area (Å²) in [4.78, 5) is 25.0. The summed E-state index contributed by atoms with van der Waals surface area (Å²) < 4.78 is 34.5. The molecule has 2 aromatic heterocycles. The number of aromatic nitrogens is 4. The Morgan fingerprint density at radius 2 is 1.91 bits per heavy atom. The molecule has 188 valence electrons. The molecular formula is C24H30ClFN4O4Si. The number of halogens is 2. The van der Waals surface area contributed by atoms with Gasteiger partial charge in [-0.15, -0.1) is 0 Å². The van der Waals surface area contributed by atoms with E-state index in [0.717, 1.165) is 0 Å². The molecule has 35 heavy (non-hydrogen) atoms. The lowest BCUT2D eigenvalue weighted by atomic mass is 9.84. The second-order valence-electron chi connectivity index (χ2n) is 10.2.